The van der Waals surface area contributed by atoms with Gasteiger partial charge in [-0.3, -0.25) is 0 Å². The van der Waals surface area contributed by atoms with Gasteiger partial charge in [-0.25, -0.2) is 0 Å². The fourth-order valence-corrected chi connectivity index (χ4v) is 2.72. The van der Waals surface area contributed by atoms with Gasteiger partial charge >= 0.3 is 0 Å². The normalized spacial score (nSPS) is 10.6. The lowest BCUT2D eigenvalue weighted by Crippen LogP contribution is -2.15. The molecule has 0 spiro atoms. The molecule has 0 saturated carbocycles. The Kier molecular flexibility index (Phi) is 6.65. The van der Waals surface area contributed by atoms with E-state index in [4.69, 9.17) is 32.2 Å². The number of aryl methyl sites for hydroxylation is 1. The third-order valence-electron chi connectivity index (χ3n) is 3.84. The lowest BCUT2D eigenvalue weighted by molar-refractivity contribution is 0.209. The summed E-state index contributed by atoms with van der Waals surface area (Å²) in [6.45, 7) is 7.13. The largest absolute Gasteiger partial charge is 0.493 e. The first kappa shape index (κ1) is 19.1. The molecule has 2 rings (SSSR count). The zero-order valence-electron chi connectivity index (χ0n) is 15.2. The van der Waals surface area contributed by atoms with Crippen molar-refractivity contribution in [2.24, 2.45) is 5.73 Å². The summed E-state index contributed by atoms with van der Waals surface area (Å²) in [5.41, 5.74) is 8.78. The molecule has 0 amide bonds. The fraction of sp³-hybridized carbons (Fsp3) is 0.350. The van der Waals surface area contributed by atoms with Crippen LogP contribution < -0.4 is 19.9 Å². The summed E-state index contributed by atoms with van der Waals surface area (Å²) in [6, 6.07) is 11.7. The maximum absolute atomic E-state index is 5.94. The van der Waals surface area contributed by atoms with Crippen molar-refractivity contribution in [1.29, 1.82) is 0 Å². The Morgan fingerprint density at radius 2 is 1.80 bits per heavy atom. The van der Waals surface area contributed by atoms with Crippen LogP contribution in [-0.2, 0) is 0 Å². The summed E-state index contributed by atoms with van der Waals surface area (Å²) in [7, 11) is 1.59. The molecule has 134 valence electrons. The second-order valence-electron chi connectivity index (χ2n) is 6.09. The standard InChI is InChI=1S/C20H25NO3S/c1-13(2)15-9-8-14(3)12-18(15)23-10-11-24-19-16(20(21)25)6-5-7-17(19)22-4/h5-9,12-13H,10-11H2,1-4H3,(H2,21,25). The SMILES string of the molecule is COc1cccc(C(N)=S)c1OCCOc1cc(C)ccc1C(C)C. The second kappa shape index (κ2) is 8.72. The van der Waals surface area contributed by atoms with Crippen LogP contribution in [0.1, 0.15) is 36.5 Å². The third-order valence-corrected chi connectivity index (χ3v) is 4.06. The van der Waals surface area contributed by atoms with Crippen LogP contribution in [0.4, 0.5) is 0 Å². The zero-order chi connectivity index (χ0) is 18.4. The van der Waals surface area contributed by atoms with Crippen LogP contribution in [0, 0.1) is 6.92 Å². The van der Waals surface area contributed by atoms with E-state index in [1.807, 2.05) is 18.2 Å². The predicted octanol–water partition coefficient (Wildman–Crippen LogP) is 4.22. The van der Waals surface area contributed by atoms with E-state index in [0.29, 0.717) is 36.2 Å². The molecular formula is C20H25NO3S. The summed E-state index contributed by atoms with van der Waals surface area (Å²) < 4.78 is 17.1. The van der Waals surface area contributed by atoms with Gasteiger partial charge in [0.05, 0.1) is 12.7 Å². The molecule has 0 aromatic heterocycles. The van der Waals surface area contributed by atoms with E-state index in [0.717, 1.165) is 5.75 Å². The number of nitrogens with two attached hydrogens (primary N) is 1. The van der Waals surface area contributed by atoms with Gasteiger partial charge in [-0.1, -0.05) is 44.3 Å². The molecule has 0 fully saturated rings. The Labute approximate surface area is 154 Å². The Bertz CT molecular complexity index is 744. The molecule has 0 radical (unpaired) electrons. The Hall–Kier alpha value is -2.27. The molecule has 4 nitrogen and oxygen atoms in total. The highest BCUT2D eigenvalue weighted by molar-refractivity contribution is 7.80. The highest BCUT2D eigenvalue weighted by Crippen LogP contribution is 2.31. The second-order valence-corrected chi connectivity index (χ2v) is 6.53. The van der Waals surface area contributed by atoms with Gasteiger partial charge < -0.3 is 19.9 Å². The summed E-state index contributed by atoms with van der Waals surface area (Å²) in [5, 5.41) is 0. The first-order valence-electron chi connectivity index (χ1n) is 8.27. The molecule has 0 saturated heterocycles. The van der Waals surface area contributed by atoms with Crippen LogP contribution in [0.15, 0.2) is 36.4 Å². The Balaban J connectivity index is 2.05. The number of ether oxygens (including phenoxy) is 3. The first-order chi connectivity index (χ1) is 11.9. The van der Waals surface area contributed by atoms with E-state index in [2.05, 4.69) is 39.0 Å². The van der Waals surface area contributed by atoms with Crippen molar-refractivity contribution in [2.45, 2.75) is 26.7 Å². The molecule has 0 heterocycles. The minimum Gasteiger partial charge on any atom is -0.493 e. The van der Waals surface area contributed by atoms with Crippen molar-refractivity contribution in [3.63, 3.8) is 0 Å². The first-order valence-corrected chi connectivity index (χ1v) is 8.67. The van der Waals surface area contributed by atoms with Gasteiger partial charge in [-0.2, -0.15) is 0 Å². The predicted molar refractivity (Wildman–Crippen MR) is 105 cm³/mol. The van der Waals surface area contributed by atoms with E-state index in [1.54, 1.807) is 7.11 Å². The molecule has 0 aliphatic carbocycles. The Morgan fingerprint density at radius 1 is 1.08 bits per heavy atom. The lowest BCUT2D eigenvalue weighted by Gasteiger charge is -2.17. The van der Waals surface area contributed by atoms with Crippen molar-refractivity contribution in [3.8, 4) is 17.2 Å². The van der Waals surface area contributed by atoms with E-state index >= 15 is 0 Å². The van der Waals surface area contributed by atoms with Crippen molar-refractivity contribution in [2.75, 3.05) is 20.3 Å². The smallest absolute Gasteiger partial charge is 0.171 e. The van der Waals surface area contributed by atoms with Crippen molar-refractivity contribution < 1.29 is 14.2 Å². The minimum absolute atomic E-state index is 0.274. The molecule has 0 bridgehead atoms. The molecular weight excluding hydrogens is 334 g/mol. The fourth-order valence-electron chi connectivity index (χ4n) is 2.56. The molecule has 0 unspecified atom stereocenters. The molecule has 2 aromatic carbocycles. The summed E-state index contributed by atoms with van der Waals surface area (Å²) in [5.74, 6) is 2.44. The summed E-state index contributed by atoms with van der Waals surface area (Å²) in [6.07, 6.45) is 0. The van der Waals surface area contributed by atoms with Crippen LogP contribution in [-0.4, -0.2) is 25.3 Å². The maximum atomic E-state index is 5.94. The molecule has 0 atom stereocenters. The number of methoxy groups -OCH3 is 1. The van der Waals surface area contributed by atoms with Gasteiger partial charge in [0.2, 0.25) is 0 Å². The van der Waals surface area contributed by atoms with E-state index in [9.17, 15) is 0 Å². The van der Waals surface area contributed by atoms with Crippen LogP contribution in [0.5, 0.6) is 17.2 Å². The van der Waals surface area contributed by atoms with Gasteiger partial charge in [0.25, 0.3) is 0 Å². The van der Waals surface area contributed by atoms with Crippen molar-refractivity contribution in [3.05, 3.63) is 53.1 Å². The van der Waals surface area contributed by atoms with Crippen LogP contribution >= 0.6 is 12.2 Å². The van der Waals surface area contributed by atoms with Crippen molar-refractivity contribution in [1.82, 2.24) is 0 Å². The van der Waals surface area contributed by atoms with Crippen molar-refractivity contribution >= 4 is 17.2 Å². The van der Waals surface area contributed by atoms with Gasteiger partial charge in [0, 0.05) is 0 Å². The number of rotatable bonds is 8. The van der Waals surface area contributed by atoms with Gasteiger partial charge in [-0.05, 0) is 42.2 Å². The molecule has 25 heavy (non-hydrogen) atoms. The maximum Gasteiger partial charge on any atom is 0.171 e. The van der Waals surface area contributed by atoms with Crippen LogP contribution in [0.2, 0.25) is 0 Å². The lowest BCUT2D eigenvalue weighted by atomic mass is 10.0. The van der Waals surface area contributed by atoms with Gasteiger partial charge in [0.15, 0.2) is 11.5 Å². The molecule has 2 N–H and O–H groups in total. The van der Waals surface area contributed by atoms with Gasteiger partial charge in [-0.15, -0.1) is 0 Å². The molecule has 0 aliphatic heterocycles. The van der Waals surface area contributed by atoms with E-state index < -0.39 is 0 Å². The monoisotopic (exact) mass is 359 g/mol. The summed E-state index contributed by atoms with van der Waals surface area (Å²) in [4.78, 5) is 0.274. The highest BCUT2D eigenvalue weighted by atomic mass is 32.1. The van der Waals surface area contributed by atoms with Crippen LogP contribution in [0.25, 0.3) is 0 Å². The zero-order valence-corrected chi connectivity index (χ0v) is 16.0. The van der Waals surface area contributed by atoms with E-state index in [-0.39, 0.29) is 4.99 Å². The quantitative estimate of drug-likeness (QED) is 0.565. The number of benzene rings is 2. The average molecular weight is 359 g/mol. The molecule has 0 aliphatic rings. The Morgan fingerprint density at radius 3 is 2.44 bits per heavy atom. The number of hydrogen-bond acceptors (Lipinski definition) is 4. The highest BCUT2D eigenvalue weighted by Gasteiger charge is 2.13. The molecule has 2 aromatic rings. The number of hydrogen-bond donors (Lipinski definition) is 1. The number of para-hydroxylation sites is 1. The van der Waals surface area contributed by atoms with Gasteiger partial charge in [0.1, 0.15) is 24.0 Å². The minimum atomic E-state index is 0.274. The number of thiocarbonyl (C=S) groups is 1. The topological polar surface area (TPSA) is 53.7 Å². The summed E-state index contributed by atoms with van der Waals surface area (Å²) >= 11 is 5.08. The van der Waals surface area contributed by atoms with E-state index in [1.165, 1.54) is 11.1 Å². The average Bonchev–Trinajstić information content (AvgIpc) is 2.58. The third kappa shape index (κ3) is 4.86. The van der Waals surface area contributed by atoms with Crippen LogP contribution in [0.3, 0.4) is 0 Å². The molecule has 5 heteroatoms.